The van der Waals surface area contributed by atoms with E-state index >= 15 is 0 Å². The fourth-order valence-electron chi connectivity index (χ4n) is 8.22. The van der Waals surface area contributed by atoms with E-state index in [1.165, 1.54) is 14.2 Å². The van der Waals surface area contributed by atoms with Gasteiger partial charge in [-0.1, -0.05) is 40.0 Å². The van der Waals surface area contributed by atoms with Gasteiger partial charge in [-0.05, 0) is 67.7 Å². The molecule has 0 aromatic heterocycles. The van der Waals surface area contributed by atoms with E-state index in [1.807, 2.05) is 48.5 Å². The smallest absolute Gasteiger partial charge is 0.187 e. The van der Waals surface area contributed by atoms with E-state index < -0.39 is 109 Å². The normalized spacial score (nSPS) is 39.2. The van der Waals surface area contributed by atoms with Crippen molar-refractivity contribution in [3.8, 4) is 0 Å². The number of aliphatic hydroxyl groups is 1. The molecule has 5 aliphatic rings. The highest BCUT2D eigenvalue weighted by molar-refractivity contribution is 5.01. The highest BCUT2D eigenvalue weighted by Crippen LogP contribution is 2.44. The van der Waals surface area contributed by atoms with Crippen molar-refractivity contribution in [3.05, 3.63) is 0 Å². The molecule has 6 unspecified atom stereocenters. The van der Waals surface area contributed by atoms with E-state index in [9.17, 15) is 5.11 Å². The van der Waals surface area contributed by atoms with Crippen molar-refractivity contribution in [2.24, 2.45) is 0 Å². The lowest BCUT2D eigenvalue weighted by molar-refractivity contribution is -0.374. The molecule has 5 saturated heterocycles. The number of unbranched alkanes of at least 4 members (excludes halogenated alkanes) is 3. The first-order valence-corrected chi connectivity index (χ1v) is 21.3. The fraction of sp³-hybridized carbons (Fsp3) is 1.00. The average molecular weight is 823 g/mol. The van der Waals surface area contributed by atoms with Crippen LogP contribution in [0, 0.1) is 0 Å². The van der Waals surface area contributed by atoms with Gasteiger partial charge in [0.15, 0.2) is 36.2 Å². The highest BCUT2D eigenvalue weighted by atomic mass is 16.8. The molecule has 0 aliphatic carbocycles. The molecule has 0 amide bonds. The first kappa shape index (κ1) is 47.4. The van der Waals surface area contributed by atoms with Crippen LogP contribution in [0.2, 0.25) is 0 Å². The van der Waals surface area contributed by atoms with Gasteiger partial charge in [0.2, 0.25) is 0 Å². The zero-order chi connectivity index (χ0) is 41.5. The van der Waals surface area contributed by atoms with Crippen LogP contribution in [0.3, 0.4) is 0 Å². The largest absolute Gasteiger partial charge is 0.394 e. The van der Waals surface area contributed by atoms with E-state index in [4.69, 9.17) is 71.1 Å². The van der Waals surface area contributed by atoms with Gasteiger partial charge in [-0.25, -0.2) is 0 Å². The van der Waals surface area contributed by atoms with Crippen molar-refractivity contribution in [2.75, 3.05) is 47.3 Å². The molecule has 16 nitrogen and oxygen atoms in total. The summed E-state index contributed by atoms with van der Waals surface area (Å²) < 4.78 is 97.1. The minimum Gasteiger partial charge on any atom is -0.394 e. The molecule has 0 radical (unpaired) electrons. The maximum absolute atomic E-state index is 10.7. The van der Waals surface area contributed by atoms with Gasteiger partial charge in [0.05, 0.1) is 19.3 Å². The number of hydrogen-bond acceptors (Lipinski definition) is 16. The van der Waals surface area contributed by atoms with Gasteiger partial charge >= 0.3 is 0 Å². The minimum atomic E-state index is -1.18. The topological polar surface area (TPSA) is 159 Å². The van der Waals surface area contributed by atoms with Crippen molar-refractivity contribution in [3.63, 3.8) is 0 Å². The molecule has 5 rings (SSSR count). The van der Waals surface area contributed by atoms with Crippen molar-refractivity contribution < 1.29 is 76.2 Å². The molecule has 5 heterocycles. The van der Waals surface area contributed by atoms with Gasteiger partial charge < -0.3 is 76.2 Å². The minimum absolute atomic E-state index is 0.183. The van der Waals surface area contributed by atoms with Crippen molar-refractivity contribution in [1.29, 1.82) is 0 Å². The Morgan fingerprint density at radius 3 is 1.75 bits per heavy atom. The Kier molecular flexibility index (Phi) is 17.4. The van der Waals surface area contributed by atoms with Gasteiger partial charge in [0.25, 0.3) is 0 Å². The summed E-state index contributed by atoms with van der Waals surface area (Å²) in [6.07, 6.45) is -5.77. The van der Waals surface area contributed by atoms with Crippen LogP contribution in [0.15, 0.2) is 0 Å². The van der Waals surface area contributed by atoms with Crippen LogP contribution in [-0.4, -0.2) is 162 Å². The second-order valence-corrected chi connectivity index (χ2v) is 17.0. The van der Waals surface area contributed by atoms with E-state index in [-0.39, 0.29) is 13.2 Å². The zero-order valence-corrected chi connectivity index (χ0v) is 36.5. The molecule has 0 saturated carbocycles. The number of aliphatic hydroxyl groups excluding tert-OH is 1. The van der Waals surface area contributed by atoms with Gasteiger partial charge in [0, 0.05) is 34.0 Å². The lowest BCUT2D eigenvalue weighted by atomic mass is 9.96. The SMILES string of the molecule is CCCCOC1[C@H](OCCCC)C(C)O[C@@H](O[C@H]2C3OC(C)(C)O[C@H]3C(CO)O[C@H]2O[C@H](C2COC(C)(C)O2)[C@@H]2OC(C)(C)OC2C(OC)OC)[C@H]1OCCCC. The van der Waals surface area contributed by atoms with E-state index in [2.05, 4.69) is 20.8 Å². The summed E-state index contributed by atoms with van der Waals surface area (Å²) in [5.41, 5.74) is 0. The second-order valence-electron chi connectivity index (χ2n) is 17.0. The number of hydrogen-bond donors (Lipinski definition) is 1. The van der Waals surface area contributed by atoms with Crippen molar-refractivity contribution in [2.45, 2.75) is 217 Å². The molecule has 334 valence electrons. The Balaban J connectivity index is 1.54. The van der Waals surface area contributed by atoms with Gasteiger partial charge in [-0.15, -0.1) is 0 Å². The lowest BCUT2D eigenvalue weighted by Crippen LogP contribution is -2.65. The summed E-state index contributed by atoms with van der Waals surface area (Å²) in [6.45, 7) is 20.7. The van der Waals surface area contributed by atoms with Crippen LogP contribution in [0.1, 0.15) is 108 Å². The Labute approximate surface area is 340 Å². The van der Waals surface area contributed by atoms with Crippen molar-refractivity contribution in [1.82, 2.24) is 0 Å². The maximum atomic E-state index is 10.7. The molecule has 0 aromatic carbocycles. The predicted octanol–water partition coefficient (Wildman–Crippen LogP) is 4.59. The number of fused-ring (bicyclic) bond motifs is 1. The molecule has 0 spiro atoms. The first-order valence-electron chi connectivity index (χ1n) is 21.3. The lowest BCUT2D eigenvalue weighted by Gasteiger charge is -2.49. The summed E-state index contributed by atoms with van der Waals surface area (Å²) in [5, 5.41) is 10.7. The van der Waals surface area contributed by atoms with E-state index in [0.29, 0.717) is 19.8 Å². The van der Waals surface area contributed by atoms with E-state index in [1.54, 1.807) is 0 Å². The summed E-state index contributed by atoms with van der Waals surface area (Å²) in [6, 6.07) is 0. The Hall–Kier alpha value is -0.640. The Morgan fingerprint density at radius 1 is 0.632 bits per heavy atom. The molecule has 57 heavy (non-hydrogen) atoms. The fourth-order valence-corrected chi connectivity index (χ4v) is 8.22. The van der Waals surface area contributed by atoms with Crippen LogP contribution in [0.4, 0.5) is 0 Å². The number of ether oxygens (including phenoxy) is 15. The maximum Gasteiger partial charge on any atom is 0.187 e. The third-order valence-electron chi connectivity index (χ3n) is 11.0. The van der Waals surface area contributed by atoms with Crippen LogP contribution >= 0.6 is 0 Å². The predicted molar refractivity (Wildman–Crippen MR) is 204 cm³/mol. The van der Waals surface area contributed by atoms with Gasteiger partial charge in [-0.2, -0.15) is 0 Å². The highest BCUT2D eigenvalue weighted by Gasteiger charge is 2.61. The standard InChI is InChI=1S/C41H74O16/c1-13-16-19-45-27-24(4)49-37(33(47-21-18-15-3)30(27)46-20-17-14-2)52-34-32-29(54-40(7,8)56-32)25(22-42)50-38(34)51-28(26-23-48-39(5,6)53-26)31-35(36(43-11)44-12)57-41(9,10)55-31/h24-38,42H,13-23H2,1-12H3/t24?,25?,26?,27-,28-,29+,30?,31+,32?,33+,34+,35?,37+,38+/m1/s1. The van der Waals surface area contributed by atoms with Gasteiger partial charge in [0.1, 0.15) is 67.1 Å². The molecule has 5 fully saturated rings. The molecule has 16 heteroatoms. The Bertz CT molecular complexity index is 1190. The average Bonchev–Trinajstić information content (AvgIpc) is 3.80. The monoisotopic (exact) mass is 822 g/mol. The van der Waals surface area contributed by atoms with Crippen LogP contribution in [0.25, 0.3) is 0 Å². The molecular weight excluding hydrogens is 748 g/mol. The first-order chi connectivity index (χ1) is 27.1. The second kappa shape index (κ2) is 21.0. The Morgan fingerprint density at radius 2 is 1.19 bits per heavy atom. The summed E-state index contributed by atoms with van der Waals surface area (Å²) in [5.74, 6) is -2.98. The molecule has 5 aliphatic heterocycles. The molecule has 14 atom stereocenters. The summed E-state index contributed by atoms with van der Waals surface area (Å²) in [7, 11) is 3.08. The molecule has 0 aromatic rings. The summed E-state index contributed by atoms with van der Waals surface area (Å²) in [4.78, 5) is 0. The van der Waals surface area contributed by atoms with Gasteiger partial charge in [-0.3, -0.25) is 0 Å². The quantitative estimate of drug-likeness (QED) is 0.119. The third-order valence-corrected chi connectivity index (χ3v) is 11.0. The zero-order valence-electron chi connectivity index (χ0n) is 36.5. The number of rotatable bonds is 22. The third kappa shape index (κ3) is 11.8. The van der Waals surface area contributed by atoms with E-state index in [0.717, 1.165) is 38.5 Å². The molecular formula is C41H74O16. The van der Waals surface area contributed by atoms with Crippen molar-refractivity contribution >= 4 is 0 Å². The van der Waals surface area contributed by atoms with Crippen LogP contribution in [0.5, 0.6) is 0 Å². The molecule has 0 bridgehead atoms. The molecule has 1 N–H and O–H groups in total. The summed E-state index contributed by atoms with van der Waals surface area (Å²) >= 11 is 0. The van der Waals surface area contributed by atoms with Crippen LogP contribution in [-0.2, 0) is 71.1 Å². The number of methoxy groups -OCH3 is 2. The van der Waals surface area contributed by atoms with Crippen LogP contribution < -0.4 is 0 Å².